The van der Waals surface area contributed by atoms with Crippen LogP contribution in [0.25, 0.3) is 0 Å². The fourth-order valence-electron chi connectivity index (χ4n) is 4.08. The average molecular weight is 432 g/mol. The van der Waals surface area contributed by atoms with Crippen LogP contribution in [0.15, 0.2) is 4.99 Å². The number of nitrogens with one attached hydrogen (secondary N) is 3. The van der Waals surface area contributed by atoms with Crippen LogP contribution in [0.5, 0.6) is 0 Å². The molecular formula is C20H41N5O3S. The van der Waals surface area contributed by atoms with E-state index in [2.05, 4.69) is 39.1 Å². The van der Waals surface area contributed by atoms with Crippen LogP contribution < -0.4 is 15.4 Å². The summed E-state index contributed by atoms with van der Waals surface area (Å²) < 4.78 is 32.6. The Kier molecular flexibility index (Phi) is 10.7. The summed E-state index contributed by atoms with van der Waals surface area (Å²) in [5.74, 6) is 1.84. The average Bonchev–Trinajstić information content (AvgIpc) is 2.69. The van der Waals surface area contributed by atoms with Gasteiger partial charge in [-0.25, -0.2) is 13.1 Å². The lowest BCUT2D eigenvalue weighted by molar-refractivity contribution is 0.00272. The molecule has 1 aliphatic heterocycles. The molecule has 170 valence electrons. The third-order valence-corrected chi connectivity index (χ3v) is 7.64. The Labute approximate surface area is 177 Å². The summed E-state index contributed by atoms with van der Waals surface area (Å²) in [6, 6.07) is 0.417. The molecule has 0 radical (unpaired) electrons. The highest BCUT2D eigenvalue weighted by molar-refractivity contribution is 7.89. The van der Waals surface area contributed by atoms with E-state index in [1.54, 1.807) is 7.05 Å². The predicted octanol–water partition coefficient (Wildman–Crippen LogP) is 1.01. The number of aliphatic imine (C=N–C) groups is 1. The Hall–Kier alpha value is -0.900. The molecule has 0 bridgehead atoms. The van der Waals surface area contributed by atoms with E-state index in [4.69, 9.17) is 4.74 Å². The van der Waals surface area contributed by atoms with Crippen molar-refractivity contribution >= 4 is 16.0 Å². The molecule has 0 aromatic heterocycles. The number of hydrogen-bond donors (Lipinski definition) is 3. The van der Waals surface area contributed by atoms with Crippen LogP contribution in [-0.2, 0) is 14.8 Å². The molecule has 1 unspecified atom stereocenters. The molecular weight excluding hydrogens is 390 g/mol. The van der Waals surface area contributed by atoms with Gasteiger partial charge in [-0.05, 0) is 24.7 Å². The van der Waals surface area contributed by atoms with Crippen molar-refractivity contribution in [2.24, 2.45) is 16.8 Å². The van der Waals surface area contributed by atoms with E-state index in [0.29, 0.717) is 36.9 Å². The molecule has 9 heteroatoms. The molecule has 8 nitrogen and oxygen atoms in total. The lowest BCUT2D eigenvalue weighted by atomic mass is 9.86. The van der Waals surface area contributed by atoms with Crippen molar-refractivity contribution in [2.45, 2.75) is 52.0 Å². The van der Waals surface area contributed by atoms with Gasteiger partial charge in [-0.2, -0.15) is 0 Å². The second-order valence-electron chi connectivity index (χ2n) is 8.14. The maximum Gasteiger partial charge on any atom is 0.213 e. The predicted molar refractivity (Wildman–Crippen MR) is 119 cm³/mol. The van der Waals surface area contributed by atoms with Crippen molar-refractivity contribution in [3.63, 3.8) is 0 Å². The quantitative estimate of drug-likeness (QED) is 0.315. The Morgan fingerprint density at radius 3 is 2.41 bits per heavy atom. The number of morpholine rings is 1. The van der Waals surface area contributed by atoms with Crippen LogP contribution in [0.2, 0.25) is 0 Å². The first kappa shape index (κ1) is 24.4. The number of nitrogens with zero attached hydrogens (tertiary/aromatic N) is 2. The molecule has 0 spiro atoms. The Morgan fingerprint density at radius 2 is 1.86 bits per heavy atom. The largest absolute Gasteiger partial charge is 0.379 e. The van der Waals surface area contributed by atoms with Crippen LogP contribution in [0.4, 0.5) is 0 Å². The molecule has 2 fully saturated rings. The molecule has 1 atom stereocenters. The van der Waals surface area contributed by atoms with E-state index in [9.17, 15) is 8.42 Å². The van der Waals surface area contributed by atoms with Crippen molar-refractivity contribution in [2.75, 3.05) is 58.7 Å². The lowest BCUT2D eigenvalue weighted by Gasteiger charge is -2.39. The monoisotopic (exact) mass is 431 g/mol. The van der Waals surface area contributed by atoms with Gasteiger partial charge < -0.3 is 15.4 Å². The summed E-state index contributed by atoms with van der Waals surface area (Å²) >= 11 is 0. The Morgan fingerprint density at radius 1 is 1.17 bits per heavy atom. The first-order chi connectivity index (χ1) is 14.0. The summed E-state index contributed by atoms with van der Waals surface area (Å²) in [6.45, 7) is 9.69. The highest BCUT2D eigenvalue weighted by Crippen LogP contribution is 2.25. The van der Waals surface area contributed by atoms with Gasteiger partial charge in [-0.15, -0.1) is 0 Å². The maximum atomic E-state index is 12.2. The fraction of sp³-hybridized carbons (Fsp3) is 0.950. The number of guanidine groups is 1. The first-order valence-electron chi connectivity index (χ1n) is 11.2. The van der Waals surface area contributed by atoms with Crippen LogP contribution in [0.3, 0.4) is 0 Å². The van der Waals surface area contributed by atoms with Gasteiger partial charge in [-0.1, -0.05) is 33.1 Å². The highest BCUT2D eigenvalue weighted by atomic mass is 32.2. The second kappa shape index (κ2) is 12.7. The number of ether oxygens (including phenoxy) is 1. The molecule has 1 saturated heterocycles. The van der Waals surface area contributed by atoms with E-state index >= 15 is 0 Å². The van der Waals surface area contributed by atoms with Crippen molar-refractivity contribution in [3.05, 3.63) is 0 Å². The molecule has 2 rings (SSSR count). The van der Waals surface area contributed by atoms with Crippen LogP contribution in [0, 0.1) is 11.8 Å². The van der Waals surface area contributed by atoms with Gasteiger partial charge >= 0.3 is 0 Å². The number of rotatable bonds is 12. The summed E-state index contributed by atoms with van der Waals surface area (Å²) in [7, 11) is -1.52. The van der Waals surface area contributed by atoms with Gasteiger partial charge in [0.25, 0.3) is 0 Å². The van der Waals surface area contributed by atoms with Gasteiger partial charge in [0, 0.05) is 45.8 Å². The third-order valence-electron chi connectivity index (χ3n) is 6.29. The molecule has 2 aliphatic rings. The van der Waals surface area contributed by atoms with E-state index in [1.165, 1.54) is 6.42 Å². The van der Waals surface area contributed by atoms with E-state index in [0.717, 1.165) is 58.5 Å². The Bertz CT molecular complexity index is 585. The van der Waals surface area contributed by atoms with E-state index in [-0.39, 0.29) is 5.75 Å². The van der Waals surface area contributed by atoms with Gasteiger partial charge in [0.1, 0.15) is 0 Å². The number of sulfonamides is 1. The smallest absolute Gasteiger partial charge is 0.213 e. The van der Waals surface area contributed by atoms with Gasteiger partial charge in [0.15, 0.2) is 5.96 Å². The van der Waals surface area contributed by atoms with Gasteiger partial charge in [0.05, 0.1) is 19.0 Å². The van der Waals surface area contributed by atoms with Crippen molar-refractivity contribution in [3.8, 4) is 0 Å². The third kappa shape index (κ3) is 8.39. The second-order valence-corrected chi connectivity index (χ2v) is 10.1. The molecule has 29 heavy (non-hydrogen) atoms. The minimum Gasteiger partial charge on any atom is -0.379 e. The molecule has 3 N–H and O–H groups in total. The van der Waals surface area contributed by atoms with Crippen molar-refractivity contribution in [1.82, 2.24) is 20.3 Å². The highest BCUT2D eigenvalue weighted by Gasteiger charge is 2.27. The minimum atomic E-state index is -3.24. The van der Waals surface area contributed by atoms with Crippen LogP contribution in [0.1, 0.15) is 46.0 Å². The van der Waals surface area contributed by atoms with Gasteiger partial charge in [0.2, 0.25) is 10.0 Å². The zero-order valence-electron chi connectivity index (χ0n) is 18.5. The van der Waals surface area contributed by atoms with Crippen LogP contribution in [-0.4, -0.2) is 84.1 Å². The minimum absolute atomic E-state index is 0.0554. The lowest BCUT2D eigenvalue weighted by Crippen LogP contribution is -2.53. The Balaban J connectivity index is 1.77. The zero-order valence-corrected chi connectivity index (χ0v) is 19.3. The normalized spacial score (nSPS) is 20.5. The molecule has 0 aromatic rings. The molecule has 0 aromatic carbocycles. The fourth-order valence-corrected chi connectivity index (χ4v) is 5.08. The standard InChI is InChI=1S/C20H41N5O3S/c1-4-18(5-2)19(25-10-12-28-13-11-25)16-23-20(21-3)22-9-14-29(26,27)24-15-17-7-6-8-17/h17-19,24H,4-16H2,1-3H3,(H2,21,22,23). The van der Waals surface area contributed by atoms with Crippen molar-refractivity contribution < 1.29 is 13.2 Å². The molecule has 1 saturated carbocycles. The topological polar surface area (TPSA) is 95.1 Å². The SMILES string of the molecule is CCC(CC)C(CNC(=NC)NCCS(=O)(=O)NCC1CCC1)N1CCOCC1. The molecule has 0 amide bonds. The number of hydrogen-bond acceptors (Lipinski definition) is 5. The molecule has 1 aliphatic carbocycles. The maximum absolute atomic E-state index is 12.2. The zero-order chi connectivity index (χ0) is 21.1. The summed E-state index contributed by atoms with van der Waals surface area (Å²) in [4.78, 5) is 6.78. The summed E-state index contributed by atoms with van der Waals surface area (Å²) in [6.07, 6.45) is 5.77. The van der Waals surface area contributed by atoms with Gasteiger partial charge in [-0.3, -0.25) is 9.89 Å². The summed E-state index contributed by atoms with van der Waals surface area (Å²) in [5.41, 5.74) is 0. The summed E-state index contributed by atoms with van der Waals surface area (Å²) in [5, 5.41) is 6.56. The van der Waals surface area contributed by atoms with Crippen LogP contribution >= 0.6 is 0 Å². The van der Waals surface area contributed by atoms with E-state index in [1.807, 2.05) is 0 Å². The molecule has 1 heterocycles. The van der Waals surface area contributed by atoms with Crippen molar-refractivity contribution in [1.29, 1.82) is 0 Å². The first-order valence-corrected chi connectivity index (χ1v) is 12.9. The van der Waals surface area contributed by atoms with E-state index < -0.39 is 10.0 Å².